The van der Waals surface area contributed by atoms with Crippen LogP contribution in [0.25, 0.3) is 0 Å². The third-order valence-electron chi connectivity index (χ3n) is 2.76. The minimum atomic E-state index is -3.71. The van der Waals surface area contributed by atoms with Crippen LogP contribution in [0.2, 0.25) is 0 Å². The van der Waals surface area contributed by atoms with Gasteiger partial charge in [0, 0.05) is 6.20 Å². The molecule has 0 unspecified atom stereocenters. The summed E-state index contributed by atoms with van der Waals surface area (Å²) < 4.78 is 33.1. The summed E-state index contributed by atoms with van der Waals surface area (Å²) in [4.78, 5) is 4.03. The van der Waals surface area contributed by atoms with Crippen LogP contribution < -0.4 is 9.46 Å². The third kappa shape index (κ3) is 3.95. The first-order chi connectivity index (χ1) is 10.0. The van der Waals surface area contributed by atoms with Gasteiger partial charge in [0.15, 0.2) is 0 Å². The zero-order chi connectivity index (χ0) is 15.3. The molecule has 2 rings (SSSR count). The summed E-state index contributed by atoms with van der Waals surface area (Å²) in [6.45, 7) is 4.28. The number of nitrogens with zero attached hydrogens (tertiary/aromatic N) is 1. The Bertz CT molecular complexity index is 700. The molecule has 0 aliphatic rings. The summed E-state index contributed by atoms with van der Waals surface area (Å²) in [7, 11) is -3.71. The Kier molecular flexibility index (Phi) is 4.80. The molecule has 0 bridgehead atoms. The standard InChI is InChI=1S/C15H18N2O3S/c1-3-9-20-14-7-6-12(2)10-15(14)21(18,19)17-13-5-4-8-16-11-13/h4-8,10-11,17H,3,9H2,1-2H3. The zero-order valence-corrected chi connectivity index (χ0v) is 12.9. The molecule has 0 amide bonds. The van der Waals surface area contributed by atoms with Gasteiger partial charge < -0.3 is 4.74 Å². The molecule has 21 heavy (non-hydrogen) atoms. The van der Waals surface area contributed by atoms with Gasteiger partial charge in [0.05, 0.1) is 18.5 Å². The van der Waals surface area contributed by atoms with Crippen LogP contribution in [-0.2, 0) is 10.0 Å². The van der Waals surface area contributed by atoms with E-state index in [-0.39, 0.29) is 4.90 Å². The summed E-state index contributed by atoms with van der Waals surface area (Å²) >= 11 is 0. The van der Waals surface area contributed by atoms with Crippen LogP contribution in [0.3, 0.4) is 0 Å². The Morgan fingerprint density at radius 3 is 2.76 bits per heavy atom. The summed E-state index contributed by atoms with van der Waals surface area (Å²) in [5, 5.41) is 0. The highest BCUT2D eigenvalue weighted by Gasteiger charge is 2.20. The van der Waals surface area contributed by atoms with Crippen LogP contribution in [0.1, 0.15) is 18.9 Å². The van der Waals surface area contributed by atoms with Gasteiger partial charge in [0.1, 0.15) is 10.6 Å². The Morgan fingerprint density at radius 2 is 2.10 bits per heavy atom. The maximum Gasteiger partial charge on any atom is 0.265 e. The number of sulfonamides is 1. The number of anilines is 1. The molecule has 1 N–H and O–H groups in total. The van der Waals surface area contributed by atoms with E-state index in [9.17, 15) is 8.42 Å². The van der Waals surface area contributed by atoms with E-state index in [0.29, 0.717) is 18.0 Å². The molecule has 0 spiro atoms. The lowest BCUT2D eigenvalue weighted by Gasteiger charge is -2.13. The molecular formula is C15H18N2O3S. The van der Waals surface area contributed by atoms with Gasteiger partial charge in [-0.05, 0) is 43.2 Å². The lowest BCUT2D eigenvalue weighted by Crippen LogP contribution is -2.15. The van der Waals surface area contributed by atoms with Gasteiger partial charge in [-0.15, -0.1) is 0 Å². The minimum Gasteiger partial charge on any atom is -0.492 e. The van der Waals surface area contributed by atoms with Gasteiger partial charge in [-0.3, -0.25) is 9.71 Å². The molecule has 1 heterocycles. The molecule has 5 nitrogen and oxygen atoms in total. The Balaban J connectivity index is 2.36. The van der Waals surface area contributed by atoms with E-state index in [2.05, 4.69) is 9.71 Å². The number of nitrogens with one attached hydrogen (secondary N) is 1. The van der Waals surface area contributed by atoms with E-state index in [0.717, 1.165) is 12.0 Å². The van der Waals surface area contributed by atoms with Crippen LogP contribution in [-0.4, -0.2) is 20.0 Å². The second-order valence-electron chi connectivity index (χ2n) is 4.65. The Morgan fingerprint density at radius 1 is 1.29 bits per heavy atom. The summed E-state index contributed by atoms with van der Waals surface area (Å²) in [6.07, 6.45) is 3.85. The average Bonchev–Trinajstić information content (AvgIpc) is 2.46. The topological polar surface area (TPSA) is 68.3 Å². The fourth-order valence-electron chi connectivity index (χ4n) is 1.79. The molecule has 112 valence electrons. The van der Waals surface area contributed by atoms with Crippen LogP contribution >= 0.6 is 0 Å². The monoisotopic (exact) mass is 306 g/mol. The van der Waals surface area contributed by atoms with Gasteiger partial charge in [-0.25, -0.2) is 8.42 Å². The molecule has 1 aromatic carbocycles. The molecule has 0 saturated heterocycles. The molecule has 0 aliphatic carbocycles. The zero-order valence-electron chi connectivity index (χ0n) is 12.0. The van der Waals surface area contributed by atoms with Crippen molar-refractivity contribution < 1.29 is 13.2 Å². The second-order valence-corrected chi connectivity index (χ2v) is 6.30. The Hall–Kier alpha value is -2.08. The molecule has 6 heteroatoms. The van der Waals surface area contributed by atoms with Crippen molar-refractivity contribution in [1.29, 1.82) is 0 Å². The number of aryl methyl sites for hydroxylation is 1. The van der Waals surface area contributed by atoms with Crippen LogP contribution in [0.4, 0.5) is 5.69 Å². The summed E-state index contributed by atoms with van der Waals surface area (Å²) in [6, 6.07) is 8.43. The van der Waals surface area contributed by atoms with Crippen molar-refractivity contribution in [2.45, 2.75) is 25.2 Å². The number of benzene rings is 1. The maximum absolute atomic E-state index is 12.5. The number of ether oxygens (including phenoxy) is 1. The van der Waals surface area contributed by atoms with Gasteiger partial charge in [-0.1, -0.05) is 13.0 Å². The van der Waals surface area contributed by atoms with Crippen molar-refractivity contribution in [3.05, 3.63) is 48.3 Å². The van der Waals surface area contributed by atoms with Crippen molar-refractivity contribution in [3.8, 4) is 5.75 Å². The van der Waals surface area contributed by atoms with Gasteiger partial charge >= 0.3 is 0 Å². The van der Waals surface area contributed by atoms with Crippen LogP contribution in [0, 0.1) is 6.92 Å². The van der Waals surface area contributed by atoms with Gasteiger partial charge in [0.2, 0.25) is 0 Å². The Labute approximate surface area is 125 Å². The maximum atomic E-state index is 12.5. The molecule has 0 fully saturated rings. The fourth-order valence-corrected chi connectivity index (χ4v) is 3.06. The molecular weight excluding hydrogens is 288 g/mol. The highest BCUT2D eigenvalue weighted by molar-refractivity contribution is 7.92. The number of rotatable bonds is 6. The highest BCUT2D eigenvalue weighted by Crippen LogP contribution is 2.27. The molecule has 2 aromatic rings. The molecule has 1 aromatic heterocycles. The smallest absolute Gasteiger partial charge is 0.265 e. The first-order valence-electron chi connectivity index (χ1n) is 6.69. The van der Waals surface area contributed by atoms with E-state index in [1.807, 2.05) is 19.9 Å². The lowest BCUT2D eigenvalue weighted by atomic mass is 10.2. The predicted molar refractivity (Wildman–Crippen MR) is 82.0 cm³/mol. The molecule has 0 radical (unpaired) electrons. The predicted octanol–water partition coefficient (Wildman–Crippen LogP) is 2.98. The normalized spacial score (nSPS) is 11.1. The van der Waals surface area contributed by atoms with Gasteiger partial charge in [-0.2, -0.15) is 0 Å². The minimum absolute atomic E-state index is 0.139. The SMILES string of the molecule is CCCOc1ccc(C)cc1S(=O)(=O)Nc1cccnc1. The second kappa shape index (κ2) is 6.58. The largest absolute Gasteiger partial charge is 0.492 e. The van der Waals surface area contributed by atoms with Gasteiger partial charge in [0.25, 0.3) is 10.0 Å². The first-order valence-corrected chi connectivity index (χ1v) is 8.17. The van der Waals surface area contributed by atoms with E-state index in [1.165, 1.54) is 6.20 Å². The van der Waals surface area contributed by atoms with E-state index < -0.39 is 10.0 Å². The van der Waals surface area contributed by atoms with Crippen molar-refractivity contribution in [1.82, 2.24) is 4.98 Å². The summed E-state index contributed by atoms with van der Waals surface area (Å²) in [5.41, 5.74) is 1.27. The lowest BCUT2D eigenvalue weighted by molar-refractivity contribution is 0.309. The van der Waals surface area contributed by atoms with Crippen molar-refractivity contribution >= 4 is 15.7 Å². The van der Waals surface area contributed by atoms with Crippen LogP contribution in [0.15, 0.2) is 47.6 Å². The highest BCUT2D eigenvalue weighted by atomic mass is 32.2. The summed E-state index contributed by atoms with van der Waals surface area (Å²) in [5.74, 6) is 0.360. The number of hydrogen-bond acceptors (Lipinski definition) is 4. The third-order valence-corrected chi connectivity index (χ3v) is 4.17. The quantitative estimate of drug-likeness (QED) is 0.891. The fraction of sp³-hybridized carbons (Fsp3) is 0.267. The van der Waals surface area contributed by atoms with E-state index >= 15 is 0 Å². The van der Waals surface area contributed by atoms with Crippen molar-refractivity contribution in [3.63, 3.8) is 0 Å². The van der Waals surface area contributed by atoms with E-state index in [4.69, 9.17) is 4.74 Å². The van der Waals surface area contributed by atoms with E-state index in [1.54, 1.807) is 30.5 Å². The number of pyridine rings is 1. The van der Waals surface area contributed by atoms with Crippen molar-refractivity contribution in [2.24, 2.45) is 0 Å². The molecule has 0 atom stereocenters. The number of hydrogen-bond donors (Lipinski definition) is 1. The van der Waals surface area contributed by atoms with Crippen LogP contribution in [0.5, 0.6) is 5.75 Å². The molecule has 0 aliphatic heterocycles. The average molecular weight is 306 g/mol. The molecule has 0 saturated carbocycles. The first kappa shape index (κ1) is 15.3. The van der Waals surface area contributed by atoms with Crippen molar-refractivity contribution in [2.75, 3.05) is 11.3 Å². The number of aromatic nitrogens is 1.